The Morgan fingerprint density at radius 2 is 1.97 bits per heavy atom. The van der Waals surface area contributed by atoms with Crippen LogP contribution in [0.3, 0.4) is 0 Å². The molecule has 1 N–H and O–H groups in total. The number of sulfonamides is 1. The Kier molecular flexibility index (Phi) is 5.47. The number of hydrogen-bond acceptors (Lipinski definition) is 5. The van der Waals surface area contributed by atoms with Crippen LogP contribution in [0.5, 0.6) is 11.5 Å². The maximum absolute atomic E-state index is 13.2. The topological polar surface area (TPSA) is 84.9 Å². The van der Waals surface area contributed by atoms with E-state index in [1.807, 2.05) is 26.8 Å². The molecule has 166 valence electrons. The third kappa shape index (κ3) is 4.27. The maximum atomic E-state index is 13.2. The van der Waals surface area contributed by atoms with E-state index in [-0.39, 0.29) is 10.8 Å². The molecule has 7 nitrogen and oxygen atoms in total. The van der Waals surface area contributed by atoms with Crippen molar-refractivity contribution in [2.75, 3.05) is 18.6 Å². The minimum atomic E-state index is -3.79. The van der Waals surface area contributed by atoms with Gasteiger partial charge >= 0.3 is 0 Å². The van der Waals surface area contributed by atoms with E-state index in [0.29, 0.717) is 30.9 Å². The number of rotatable bonds is 5. The molecule has 4 rings (SSSR count). The third-order valence-electron chi connectivity index (χ3n) is 5.82. The fraction of sp³-hybridized carbons (Fsp3) is 0.435. The summed E-state index contributed by atoms with van der Waals surface area (Å²) in [5.41, 5.74) is 1.77. The number of nitrogens with zero attached hydrogens (tertiary/aromatic N) is 1. The van der Waals surface area contributed by atoms with E-state index < -0.39 is 21.7 Å². The molecule has 2 aromatic rings. The number of anilines is 1. The summed E-state index contributed by atoms with van der Waals surface area (Å²) < 4.78 is 40.7. The van der Waals surface area contributed by atoms with E-state index in [1.165, 1.54) is 0 Å². The van der Waals surface area contributed by atoms with Crippen molar-refractivity contribution < 1.29 is 22.7 Å². The summed E-state index contributed by atoms with van der Waals surface area (Å²) in [6.45, 7) is 6.37. The second kappa shape index (κ2) is 7.84. The Morgan fingerprint density at radius 3 is 2.61 bits per heavy atom. The van der Waals surface area contributed by atoms with Gasteiger partial charge in [0.1, 0.15) is 17.1 Å². The lowest BCUT2D eigenvalue weighted by Crippen LogP contribution is -2.41. The number of methoxy groups -OCH3 is 1. The van der Waals surface area contributed by atoms with E-state index >= 15 is 0 Å². The van der Waals surface area contributed by atoms with Crippen molar-refractivity contribution in [2.24, 2.45) is 0 Å². The fourth-order valence-corrected chi connectivity index (χ4v) is 5.62. The van der Waals surface area contributed by atoms with Crippen LogP contribution in [0.1, 0.15) is 50.3 Å². The normalized spacial score (nSPS) is 20.3. The molecule has 2 aromatic carbocycles. The van der Waals surface area contributed by atoms with Gasteiger partial charge in [0.2, 0.25) is 15.9 Å². The lowest BCUT2D eigenvalue weighted by Gasteiger charge is -2.37. The van der Waals surface area contributed by atoms with Gasteiger partial charge in [-0.3, -0.25) is 4.79 Å². The summed E-state index contributed by atoms with van der Waals surface area (Å²) in [6.07, 6.45) is 1.85. The molecule has 2 aliphatic rings. The highest BCUT2D eigenvalue weighted by atomic mass is 32.2. The van der Waals surface area contributed by atoms with Crippen molar-refractivity contribution in [1.29, 1.82) is 0 Å². The molecule has 2 heterocycles. The highest BCUT2D eigenvalue weighted by Gasteiger charge is 2.36. The zero-order valence-electron chi connectivity index (χ0n) is 18.3. The predicted molar refractivity (Wildman–Crippen MR) is 118 cm³/mol. The van der Waals surface area contributed by atoms with Crippen molar-refractivity contribution in [1.82, 2.24) is 4.72 Å². The zero-order chi connectivity index (χ0) is 22.4. The van der Waals surface area contributed by atoms with Gasteiger partial charge < -0.3 is 14.4 Å². The SMILES string of the molecule is COc1ccc2c(c1)OC(C)(C)C[C@@H]2NS(=O)(=O)c1ccc(N2CCCC2=O)c(C)c1. The molecule has 0 saturated carbocycles. The van der Waals surface area contributed by atoms with Crippen LogP contribution in [0.15, 0.2) is 41.3 Å². The highest BCUT2D eigenvalue weighted by Crippen LogP contribution is 2.42. The van der Waals surface area contributed by atoms with Gasteiger partial charge in [0, 0.05) is 36.7 Å². The molecule has 1 fully saturated rings. The first-order chi connectivity index (χ1) is 14.6. The van der Waals surface area contributed by atoms with Gasteiger partial charge in [-0.1, -0.05) is 6.07 Å². The van der Waals surface area contributed by atoms with Gasteiger partial charge in [0.25, 0.3) is 0 Å². The van der Waals surface area contributed by atoms with Crippen LogP contribution >= 0.6 is 0 Å². The minimum Gasteiger partial charge on any atom is -0.497 e. The largest absolute Gasteiger partial charge is 0.497 e. The maximum Gasteiger partial charge on any atom is 0.241 e. The van der Waals surface area contributed by atoms with Crippen molar-refractivity contribution in [2.45, 2.75) is 56.6 Å². The van der Waals surface area contributed by atoms with Gasteiger partial charge in [-0.2, -0.15) is 0 Å². The van der Waals surface area contributed by atoms with Crippen LogP contribution in [0.2, 0.25) is 0 Å². The predicted octanol–water partition coefficient (Wildman–Crippen LogP) is 3.71. The van der Waals surface area contributed by atoms with E-state index in [9.17, 15) is 13.2 Å². The first-order valence-electron chi connectivity index (χ1n) is 10.4. The average Bonchev–Trinajstić information content (AvgIpc) is 3.11. The minimum absolute atomic E-state index is 0.0771. The Hall–Kier alpha value is -2.58. The quantitative estimate of drug-likeness (QED) is 0.760. The highest BCUT2D eigenvalue weighted by molar-refractivity contribution is 7.89. The molecule has 0 unspecified atom stereocenters. The van der Waals surface area contributed by atoms with Gasteiger partial charge in [-0.05, 0) is 57.0 Å². The molecule has 1 atom stereocenters. The Balaban J connectivity index is 1.63. The first-order valence-corrected chi connectivity index (χ1v) is 11.9. The summed E-state index contributed by atoms with van der Waals surface area (Å²) in [4.78, 5) is 14.0. The molecular formula is C23H28N2O5S. The van der Waals surface area contributed by atoms with Gasteiger partial charge in [0.15, 0.2) is 0 Å². The van der Waals surface area contributed by atoms with Gasteiger partial charge in [0.05, 0.1) is 18.0 Å². The summed E-state index contributed by atoms with van der Waals surface area (Å²) >= 11 is 0. The summed E-state index contributed by atoms with van der Waals surface area (Å²) in [5, 5.41) is 0. The number of nitrogens with one attached hydrogen (secondary N) is 1. The molecule has 0 radical (unpaired) electrons. The molecule has 0 aliphatic carbocycles. The van der Waals surface area contributed by atoms with Gasteiger partial charge in [-0.25, -0.2) is 13.1 Å². The van der Waals surface area contributed by atoms with Crippen LogP contribution < -0.4 is 19.1 Å². The number of aryl methyl sites for hydroxylation is 1. The molecule has 0 aromatic heterocycles. The lowest BCUT2D eigenvalue weighted by molar-refractivity contribution is -0.117. The number of hydrogen-bond donors (Lipinski definition) is 1. The van der Waals surface area contributed by atoms with Crippen LogP contribution in [-0.2, 0) is 14.8 Å². The second-order valence-electron chi connectivity index (χ2n) is 8.74. The van der Waals surface area contributed by atoms with E-state index in [1.54, 1.807) is 42.3 Å². The second-order valence-corrected chi connectivity index (χ2v) is 10.5. The third-order valence-corrected chi connectivity index (χ3v) is 7.29. The van der Waals surface area contributed by atoms with Crippen molar-refractivity contribution >= 4 is 21.6 Å². The van der Waals surface area contributed by atoms with Crippen LogP contribution in [0.4, 0.5) is 5.69 Å². The fourth-order valence-electron chi connectivity index (χ4n) is 4.32. The molecule has 0 bridgehead atoms. The number of amides is 1. The Bertz CT molecular complexity index is 1130. The van der Waals surface area contributed by atoms with Crippen LogP contribution in [-0.4, -0.2) is 33.6 Å². The molecule has 1 saturated heterocycles. The zero-order valence-corrected chi connectivity index (χ0v) is 19.1. The number of carbonyl (C=O) groups excluding carboxylic acids is 1. The van der Waals surface area contributed by atoms with Crippen LogP contribution in [0, 0.1) is 6.92 Å². The molecular weight excluding hydrogens is 416 g/mol. The summed E-state index contributed by atoms with van der Waals surface area (Å²) in [7, 11) is -2.20. The lowest BCUT2D eigenvalue weighted by atomic mass is 9.90. The molecule has 0 spiro atoms. The average molecular weight is 445 g/mol. The molecule has 8 heteroatoms. The van der Waals surface area contributed by atoms with E-state index in [2.05, 4.69) is 4.72 Å². The first kappa shape index (κ1) is 21.6. The van der Waals surface area contributed by atoms with E-state index in [0.717, 1.165) is 23.2 Å². The monoisotopic (exact) mass is 444 g/mol. The van der Waals surface area contributed by atoms with Gasteiger partial charge in [-0.15, -0.1) is 0 Å². The number of benzene rings is 2. The van der Waals surface area contributed by atoms with E-state index in [4.69, 9.17) is 9.47 Å². The Morgan fingerprint density at radius 1 is 1.19 bits per heavy atom. The summed E-state index contributed by atoms with van der Waals surface area (Å²) in [5.74, 6) is 1.34. The van der Waals surface area contributed by atoms with Crippen molar-refractivity contribution in [3.05, 3.63) is 47.5 Å². The standard InChI is InChI=1S/C23H28N2O5S/c1-15-12-17(8-10-20(15)25-11-5-6-22(25)26)31(27,28)24-19-14-23(2,3)30-21-13-16(29-4)7-9-18(19)21/h7-10,12-13,19,24H,5-6,11,14H2,1-4H3/t19-/m0/s1. The van der Waals surface area contributed by atoms with Crippen LogP contribution in [0.25, 0.3) is 0 Å². The Labute approximate surface area is 183 Å². The molecule has 2 aliphatic heterocycles. The molecule has 1 amide bonds. The number of fused-ring (bicyclic) bond motifs is 1. The molecule has 31 heavy (non-hydrogen) atoms. The van der Waals surface area contributed by atoms with Crippen molar-refractivity contribution in [3.8, 4) is 11.5 Å². The number of ether oxygens (including phenoxy) is 2. The number of carbonyl (C=O) groups is 1. The smallest absolute Gasteiger partial charge is 0.241 e. The van der Waals surface area contributed by atoms with Crippen molar-refractivity contribution in [3.63, 3.8) is 0 Å². The summed E-state index contributed by atoms with van der Waals surface area (Å²) in [6, 6.07) is 9.90.